The maximum Gasteiger partial charge on any atom is 0.149 e. The number of nitrogens with zero attached hydrogens (tertiary/aromatic N) is 2. The summed E-state index contributed by atoms with van der Waals surface area (Å²) in [7, 11) is 3.98. The Hall–Kier alpha value is -2.55. The lowest BCUT2D eigenvalue weighted by atomic mass is 10.1. The topological polar surface area (TPSA) is 8.17 Å². The van der Waals surface area contributed by atoms with E-state index in [0.29, 0.717) is 5.69 Å². The second-order valence-corrected chi connectivity index (χ2v) is 5.16. The Bertz CT molecular complexity index is 728. The van der Waals surface area contributed by atoms with Crippen molar-refractivity contribution in [2.45, 2.75) is 0 Å². The van der Waals surface area contributed by atoms with Gasteiger partial charge in [-0.2, -0.15) is 0 Å². The average Bonchev–Trinajstić information content (AvgIpc) is 2.90. The summed E-state index contributed by atoms with van der Waals surface area (Å²) in [6.07, 6.45) is 1.76. The lowest BCUT2D eigenvalue weighted by Gasteiger charge is -2.14. The lowest BCUT2D eigenvalue weighted by Crippen LogP contribution is -2.08. The highest BCUT2D eigenvalue weighted by Gasteiger charge is 2.12. The first-order valence-corrected chi connectivity index (χ1v) is 6.87. The van der Waals surface area contributed by atoms with Gasteiger partial charge in [0.15, 0.2) is 0 Å². The van der Waals surface area contributed by atoms with Crippen molar-refractivity contribution in [1.82, 2.24) is 4.57 Å². The van der Waals surface area contributed by atoms with Crippen LogP contribution in [0.15, 0.2) is 66.9 Å². The molecule has 0 N–H and O–H groups in total. The van der Waals surface area contributed by atoms with Gasteiger partial charge in [0.1, 0.15) is 5.82 Å². The molecule has 0 aliphatic rings. The minimum atomic E-state index is -0.212. The Morgan fingerprint density at radius 1 is 0.857 bits per heavy atom. The van der Waals surface area contributed by atoms with Crippen LogP contribution in [0.25, 0.3) is 16.9 Å². The van der Waals surface area contributed by atoms with Crippen LogP contribution in [0, 0.1) is 5.82 Å². The van der Waals surface area contributed by atoms with Crippen molar-refractivity contribution >= 4 is 5.69 Å². The van der Waals surface area contributed by atoms with Gasteiger partial charge in [-0.1, -0.05) is 30.3 Å². The second kappa shape index (κ2) is 5.44. The molecular weight excluding hydrogens is 263 g/mol. The quantitative estimate of drug-likeness (QED) is 0.692. The van der Waals surface area contributed by atoms with Gasteiger partial charge in [-0.05, 0) is 30.3 Å². The van der Waals surface area contributed by atoms with Gasteiger partial charge in [0.2, 0.25) is 0 Å². The zero-order valence-corrected chi connectivity index (χ0v) is 12.1. The van der Waals surface area contributed by atoms with E-state index in [4.69, 9.17) is 0 Å². The number of para-hydroxylation sites is 1. The molecule has 0 saturated carbocycles. The molecule has 1 aromatic heterocycles. The van der Waals surface area contributed by atoms with Crippen molar-refractivity contribution < 1.29 is 4.39 Å². The highest BCUT2D eigenvalue weighted by molar-refractivity contribution is 5.66. The van der Waals surface area contributed by atoms with Gasteiger partial charge in [-0.15, -0.1) is 0 Å². The smallest absolute Gasteiger partial charge is 0.149 e. The monoisotopic (exact) mass is 280 g/mol. The number of hydrogen-bond donors (Lipinski definition) is 0. The van der Waals surface area contributed by atoms with Crippen molar-refractivity contribution in [2.75, 3.05) is 19.0 Å². The summed E-state index contributed by atoms with van der Waals surface area (Å²) in [4.78, 5) is 2.02. The van der Waals surface area contributed by atoms with Gasteiger partial charge in [0, 0.05) is 37.2 Å². The van der Waals surface area contributed by atoms with Crippen molar-refractivity contribution in [3.05, 3.63) is 72.7 Å². The Balaban J connectivity index is 2.08. The molecule has 0 bridgehead atoms. The number of aromatic nitrogens is 1. The molecule has 3 heteroatoms. The summed E-state index contributed by atoms with van der Waals surface area (Å²) in [6.45, 7) is 0. The number of halogens is 1. The third-order valence-corrected chi connectivity index (χ3v) is 3.53. The Kier molecular flexibility index (Phi) is 3.48. The molecule has 2 aromatic carbocycles. The minimum Gasteiger partial charge on any atom is -0.378 e. The molecule has 0 aliphatic carbocycles. The first kappa shape index (κ1) is 13.4. The minimum absolute atomic E-state index is 0.212. The van der Waals surface area contributed by atoms with Crippen molar-refractivity contribution in [3.8, 4) is 16.9 Å². The fraction of sp³-hybridized carbons (Fsp3) is 0.111. The molecule has 3 aromatic rings. The highest BCUT2D eigenvalue weighted by atomic mass is 19.1. The van der Waals surface area contributed by atoms with Gasteiger partial charge in [-0.25, -0.2) is 4.39 Å². The summed E-state index contributed by atoms with van der Waals surface area (Å²) < 4.78 is 16.1. The van der Waals surface area contributed by atoms with E-state index < -0.39 is 0 Å². The lowest BCUT2D eigenvalue weighted by molar-refractivity contribution is 0.631. The maximum absolute atomic E-state index is 14.2. The van der Waals surface area contributed by atoms with Crippen LogP contribution in [0.5, 0.6) is 0 Å². The number of benzene rings is 2. The summed E-state index contributed by atoms with van der Waals surface area (Å²) >= 11 is 0. The number of rotatable bonds is 3. The third-order valence-electron chi connectivity index (χ3n) is 3.53. The van der Waals surface area contributed by atoms with Gasteiger partial charge >= 0.3 is 0 Å². The predicted molar refractivity (Wildman–Crippen MR) is 85.5 cm³/mol. The fourth-order valence-corrected chi connectivity index (χ4v) is 2.41. The molecule has 0 amide bonds. The van der Waals surface area contributed by atoms with Crippen molar-refractivity contribution in [3.63, 3.8) is 0 Å². The van der Waals surface area contributed by atoms with Gasteiger partial charge < -0.3 is 9.47 Å². The number of anilines is 1. The summed E-state index contributed by atoms with van der Waals surface area (Å²) in [6, 6.07) is 19.2. The highest BCUT2D eigenvalue weighted by Crippen LogP contribution is 2.28. The molecule has 21 heavy (non-hydrogen) atoms. The maximum atomic E-state index is 14.2. The van der Waals surface area contributed by atoms with Gasteiger partial charge in [0.25, 0.3) is 0 Å². The van der Waals surface area contributed by atoms with Gasteiger partial charge in [-0.3, -0.25) is 0 Å². The van der Waals surface area contributed by atoms with Crippen molar-refractivity contribution in [2.24, 2.45) is 0 Å². The van der Waals surface area contributed by atoms with Crippen LogP contribution in [-0.4, -0.2) is 18.7 Å². The molecule has 0 saturated heterocycles. The second-order valence-electron chi connectivity index (χ2n) is 5.16. The van der Waals surface area contributed by atoms with Crippen LogP contribution in [0.4, 0.5) is 10.1 Å². The SMILES string of the molecule is CN(C)c1ccc(-c2c(F)ccn2-c2ccccc2)cc1. The van der Waals surface area contributed by atoms with E-state index in [-0.39, 0.29) is 5.82 Å². The molecular formula is C18H17FN2. The van der Waals surface area contributed by atoms with Crippen LogP contribution in [0.1, 0.15) is 0 Å². The van der Waals surface area contributed by atoms with Crippen LogP contribution in [0.3, 0.4) is 0 Å². The third kappa shape index (κ3) is 2.55. The standard InChI is InChI=1S/C18H17FN2/c1-20(2)15-10-8-14(9-11-15)18-17(19)12-13-21(18)16-6-4-3-5-7-16/h3-13H,1-2H3. The van der Waals surface area contributed by atoms with Crippen LogP contribution < -0.4 is 4.90 Å². The first-order valence-electron chi connectivity index (χ1n) is 6.87. The fourth-order valence-electron chi connectivity index (χ4n) is 2.41. The zero-order valence-electron chi connectivity index (χ0n) is 12.1. The van der Waals surface area contributed by atoms with E-state index in [2.05, 4.69) is 0 Å². The Morgan fingerprint density at radius 3 is 2.14 bits per heavy atom. The normalized spacial score (nSPS) is 10.6. The molecule has 0 aliphatic heterocycles. The molecule has 0 radical (unpaired) electrons. The molecule has 1 heterocycles. The molecule has 0 atom stereocenters. The van der Waals surface area contributed by atoms with E-state index in [0.717, 1.165) is 16.9 Å². The van der Waals surface area contributed by atoms with Crippen LogP contribution in [0.2, 0.25) is 0 Å². The zero-order chi connectivity index (χ0) is 14.8. The van der Waals surface area contributed by atoms with Gasteiger partial charge in [0.05, 0.1) is 5.69 Å². The molecule has 3 rings (SSSR count). The molecule has 106 valence electrons. The predicted octanol–water partition coefficient (Wildman–Crippen LogP) is 4.35. The largest absolute Gasteiger partial charge is 0.378 e. The van der Waals surface area contributed by atoms with Crippen molar-refractivity contribution in [1.29, 1.82) is 0 Å². The molecule has 0 spiro atoms. The summed E-state index contributed by atoms with van der Waals surface area (Å²) in [5, 5.41) is 0. The molecule has 0 unspecified atom stereocenters. The van der Waals surface area contributed by atoms with Crippen LogP contribution >= 0.6 is 0 Å². The Labute approximate surface area is 124 Å². The summed E-state index contributed by atoms with van der Waals surface area (Å²) in [5.74, 6) is -0.212. The molecule has 0 fully saturated rings. The van der Waals surface area contributed by atoms with Crippen LogP contribution in [-0.2, 0) is 0 Å². The number of hydrogen-bond acceptors (Lipinski definition) is 1. The molecule has 2 nitrogen and oxygen atoms in total. The van der Waals surface area contributed by atoms with E-state index in [1.807, 2.05) is 78.2 Å². The van der Waals surface area contributed by atoms with E-state index in [9.17, 15) is 4.39 Å². The van der Waals surface area contributed by atoms with E-state index in [1.54, 1.807) is 6.20 Å². The summed E-state index contributed by atoms with van der Waals surface area (Å²) in [5.41, 5.74) is 3.50. The van der Waals surface area contributed by atoms with E-state index >= 15 is 0 Å². The van der Waals surface area contributed by atoms with E-state index in [1.165, 1.54) is 6.07 Å². The average molecular weight is 280 g/mol. The first-order chi connectivity index (χ1) is 10.2. The Morgan fingerprint density at radius 2 is 1.52 bits per heavy atom.